The van der Waals surface area contributed by atoms with E-state index in [1.807, 2.05) is 0 Å². The molecule has 0 bridgehead atoms. The average Bonchev–Trinajstić information content (AvgIpc) is 3.19. The first-order valence-corrected chi connectivity index (χ1v) is 10.4. The van der Waals surface area contributed by atoms with Gasteiger partial charge in [0.25, 0.3) is 0 Å². The molecule has 27 heavy (non-hydrogen) atoms. The number of amides is 2. The van der Waals surface area contributed by atoms with Crippen LogP contribution in [0.2, 0.25) is 0 Å². The van der Waals surface area contributed by atoms with Gasteiger partial charge in [-0.3, -0.25) is 9.69 Å². The number of anilines is 1. The molecule has 144 valence electrons. The van der Waals surface area contributed by atoms with Gasteiger partial charge in [-0.25, -0.2) is 17.6 Å². The minimum Gasteiger partial charge on any atom is -0.442 e. The van der Waals surface area contributed by atoms with Crippen LogP contribution < -0.4 is 10.2 Å². The quantitative estimate of drug-likeness (QED) is 0.781. The highest BCUT2D eigenvalue weighted by molar-refractivity contribution is 7.92. The number of hydrogen-bond acceptors (Lipinski definition) is 8. The fourth-order valence-electron chi connectivity index (χ4n) is 2.41. The highest BCUT2D eigenvalue weighted by Gasteiger charge is 2.33. The molecule has 2 aromatic rings. The first-order valence-electron chi connectivity index (χ1n) is 7.71. The monoisotopic (exact) mass is 414 g/mol. The summed E-state index contributed by atoms with van der Waals surface area (Å²) in [5.74, 6) is -0.924. The summed E-state index contributed by atoms with van der Waals surface area (Å²) in [6.45, 7) is 1.68. The molecule has 2 heterocycles. The van der Waals surface area contributed by atoms with Crippen molar-refractivity contribution in [1.82, 2.24) is 15.5 Å². The predicted octanol–water partition coefficient (Wildman–Crippen LogP) is 1.21. The Bertz CT molecular complexity index is 1010. The molecule has 0 radical (unpaired) electrons. The number of carbonyl (C=O) groups is 2. The molecule has 1 atom stereocenters. The Balaban J connectivity index is 1.80. The molecule has 9 nitrogen and oxygen atoms in total. The maximum absolute atomic E-state index is 14.5. The molecular formula is C15H15FN4O5S2. The fraction of sp³-hybridized carbons (Fsp3) is 0.333. The van der Waals surface area contributed by atoms with Gasteiger partial charge in [0.2, 0.25) is 20.1 Å². The van der Waals surface area contributed by atoms with Crippen molar-refractivity contribution >= 4 is 38.9 Å². The summed E-state index contributed by atoms with van der Waals surface area (Å²) in [4.78, 5) is 24.2. The maximum atomic E-state index is 14.5. The molecule has 0 spiro atoms. The molecule has 1 aliphatic rings. The fourth-order valence-corrected chi connectivity index (χ4v) is 4.05. The van der Waals surface area contributed by atoms with Crippen LogP contribution in [-0.2, 0) is 19.4 Å². The van der Waals surface area contributed by atoms with Crippen molar-refractivity contribution in [2.45, 2.75) is 17.4 Å². The summed E-state index contributed by atoms with van der Waals surface area (Å²) in [7, 11) is -3.53. The van der Waals surface area contributed by atoms with Gasteiger partial charge in [0.1, 0.15) is 11.9 Å². The predicted molar refractivity (Wildman–Crippen MR) is 94.7 cm³/mol. The van der Waals surface area contributed by atoms with Crippen LogP contribution in [0.4, 0.5) is 14.9 Å². The van der Waals surface area contributed by atoms with Crippen LogP contribution in [0.3, 0.4) is 0 Å². The SMILES string of the molecule is CC(=O)NCC1CN(c2ccc(-c3nnc(S(C)(=O)=O)s3)c(F)c2)C(=O)O1. The van der Waals surface area contributed by atoms with Crippen LogP contribution >= 0.6 is 11.3 Å². The second kappa shape index (κ2) is 7.19. The standard InChI is InChI=1S/C15H15FN4O5S2/c1-8(21)17-6-10-7-20(15(22)25-10)9-3-4-11(12(16)5-9)13-18-19-14(26-13)27(2,23)24/h3-5,10H,6-7H2,1-2H3,(H,17,21). The van der Waals surface area contributed by atoms with Gasteiger partial charge < -0.3 is 10.1 Å². The molecule has 1 fully saturated rings. The lowest BCUT2D eigenvalue weighted by Gasteiger charge is -2.14. The van der Waals surface area contributed by atoms with Crippen LogP contribution in [-0.4, -0.2) is 56.1 Å². The lowest BCUT2D eigenvalue weighted by Crippen LogP contribution is -2.33. The Kier molecular flexibility index (Phi) is 5.11. The third-order valence-corrected chi connectivity index (χ3v) is 6.30. The Hall–Kier alpha value is -2.60. The third-order valence-electron chi connectivity index (χ3n) is 3.67. The van der Waals surface area contributed by atoms with Gasteiger partial charge in [-0.05, 0) is 18.2 Å². The van der Waals surface area contributed by atoms with Gasteiger partial charge in [-0.2, -0.15) is 0 Å². The van der Waals surface area contributed by atoms with Crippen molar-refractivity contribution in [3.05, 3.63) is 24.0 Å². The third kappa shape index (κ3) is 4.22. The van der Waals surface area contributed by atoms with Gasteiger partial charge in [0, 0.05) is 18.7 Å². The topological polar surface area (TPSA) is 119 Å². The van der Waals surface area contributed by atoms with E-state index in [0.717, 1.165) is 23.7 Å². The van der Waals surface area contributed by atoms with E-state index in [4.69, 9.17) is 4.74 Å². The normalized spacial score (nSPS) is 17.1. The second-order valence-corrected chi connectivity index (χ2v) is 9.03. The molecule has 1 aromatic heterocycles. The number of carbonyl (C=O) groups excluding carboxylic acids is 2. The van der Waals surface area contributed by atoms with Crippen LogP contribution in [0.15, 0.2) is 22.5 Å². The van der Waals surface area contributed by atoms with Crippen LogP contribution in [0, 0.1) is 5.82 Å². The number of aromatic nitrogens is 2. The van der Waals surface area contributed by atoms with E-state index in [1.54, 1.807) is 0 Å². The summed E-state index contributed by atoms with van der Waals surface area (Å²) in [5, 5.41) is 9.94. The van der Waals surface area contributed by atoms with Gasteiger partial charge >= 0.3 is 6.09 Å². The highest BCUT2D eigenvalue weighted by Crippen LogP contribution is 2.31. The first kappa shape index (κ1) is 19.2. The number of benzene rings is 1. The Morgan fingerprint density at radius 2 is 2.19 bits per heavy atom. The van der Waals surface area contributed by atoms with Gasteiger partial charge in [-0.15, -0.1) is 10.2 Å². The molecule has 1 unspecified atom stereocenters. The summed E-state index contributed by atoms with van der Waals surface area (Å²) >= 11 is 0.760. The zero-order valence-corrected chi connectivity index (χ0v) is 15.9. The zero-order valence-electron chi connectivity index (χ0n) is 14.3. The second-order valence-electron chi connectivity index (χ2n) is 5.86. The summed E-state index contributed by atoms with van der Waals surface area (Å²) < 4.78 is 42.4. The van der Waals surface area contributed by atoms with Gasteiger partial charge in [0.05, 0.1) is 18.8 Å². The summed E-state index contributed by atoms with van der Waals surface area (Å²) in [6, 6.07) is 4.03. The molecule has 1 aromatic carbocycles. The van der Waals surface area contributed by atoms with E-state index < -0.39 is 27.9 Å². The van der Waals surface area contributed by atoms with E-state index >= 15 is 0 Å². The Labute approximate surface area is 158 Å². The highest BCUT2D eigenvalue weighted by atomic mass is 32.2. The smallest absolute Gasteiger partial charge is 0.414 e. The molecule has 2 amide bonds. The van der Waals surface area contributed by atoms with E-state index in [2.05, 4.69) is 15.5 Å². The van der Waals surface area contributed by atoms with Crippen LogP contribution in [0.1, 0.15) is 6.92 Å². The number of ether oxygens (including phenoxy) is 1. The summed E-state index contributed by atoms with van der Waals surface area (Å²) in [6.07, 6.45) is -0.190. The van der Waals surface area contributed by atoms with Crippen molar-refractivity contribution in [3.63, 3.8) is 0 Å². The van der Waals surface area contributed by atoms with Crippen molar-refractivity contribution in [3.8, 4) is 10.6 Å². The molecule has 1 aliphatic heterocycles. The first-order chi connectivity index (χ1) is 12.6. The van der Waals surface area contributed by atoms with Crippen molar-refractivity contribution in [1.29, 1.82) is 0 Å². The molecule has 0 aliphatic carbocycles. The Morgan fingerprint density at radius 1 is 1.44 bits per heavy atom. The number of hydrogen-bond donors (Lipinski definition) is 1. The summed E-state index contributed by atoms with van der Waals surface area (Å²) in [5.41, 5.74) is 0.355. The van der Waals surface area contributed by atoms with Crippen molar-refractivity contribution in [2.24, 2.45) is 0 Å². The number of nitrogens with zero attached hydrogens (tertiary/aromatic N) is 3. The molecular weight excluding hydrogens is 399 g/mol. The largest absolute Gasteiger partial charge is 0.442 e. The molecule has 1 N–H and O–H groups in total. The minimum atomic E-state index is -3.53. The number of sulfone groups is 1. The lowest BCUT2D eigenvalue weighted by atomic mass is 10.2. The average molecular weight is 414 g/mol. The van der Waals surface area contributed by atoms with Crippen molar-refractivity contribution < 1.29 is 27.1 Å². The minimum absolute atomic E-state index is 0.0773. The van der Waals surface area contributed by atoms with E-state index in [1.165, 1.54) is 24.0 Å². The molecule has 0 saturated carbocycles. The lowest BCUT2D eigenvalue weighted by molar-refractivity contribution is -0.119. The van der Waals surface area contributed by atoms with E-state index in [9.17, 15) is 22.4 Å². The van der Waals surface area contributed by atoms with Gasteiger partial charge in [0.15, 0.2) is 5.01 Å². The number of cyclic esters (lactones) is 1. The van der Waals surface area contributed by atoms with Crippen molar-refractivity contribution in [2.75, 3.05) is 24.2 Å². The molecule has 3 rings (SSSR count). The maximum Gasteiger partial charge on any atom is 0.414 e. The number of rotatable bonds is 5. The zero-order chi connectivity index (χ0) is 19.8. The van der Waals surface area contributed by atoms with Crippen LogP contribution in [0.25, 0.3) is 10.6 Å². The Morgan fingerprint density at radius 3 is 2.78 bits per heavy atom. The van der Waals surface area contributed by atoms with Gasteiger partial charge in [-0.1, -0.05) is 11.3 Å². The van der Waals surface area contributed by atoms with Crippen LogP contribution in [0.5, 0.6) is 0 Å². The molecule has 1 saturated heterocycles. The van der Waals surface area contributed by atoms with E-state index in [-0.39, 0.29) is 39.6 Å². The van der Waals surface area contributed by atoms with E-state index in [0.29, 0.717) is 0 Å². The molecule has 12 heteroatoms. The number of halogens is 1. The number of nitrogens with one attached hydrogen (secondary N) is 1.